The topological polar surface area (TPSA) is 35.5 Å². The van der Waals surface area contributed by atoms with Gasteiger partial charge in [-0.3, -0.25) is 4.90 Å². The Morgan fingerprint density at radius 1 is 1.21 bits per heavy atom. The third-order valence-corrected chi connectivity index (χ3v) is 4.61. The minimum Gasteiger partial charge on any atom is -0.396 e. The number of hydrogen-bond acceptors (Lipinski definition) is 3. The maximum Gasteiger partial charge on any atom is 0.0434 e. The maximum atomic E-state index is 9.22. The average molecular weight is 268 g/mol. The summed E-state index contributed by atoms with van der Waals surface area (Å²) >= 11 is 0. The van der Waals surface area contributed by atoms with Crippen molar-refractivity contribution in [2.75, 3.05) is 26.2 Å². The van der Waals surface area contributed by atoms with Crippen molar-refractivity contribution in [3.63, 3.8) is 0 Å². The van der Waals surface area contributed by atoms with Crippen LogP contribution in [0.15, 0.2) is 0 Å². The molecule has 19 heavy (non-hydrogen) atoms. The molecule has 0 bridgehead atoms. The van der Waals surface area contributed by atoms with Crippen molar-refractivity contribution in [1.29, 1.82) is 0 Å². The molecule has 2 rings (SSSR count). The van der Waals surface area contributed by atoms with E-state index in [0.717, 1.165) is 19.0 Å². The molecule has 2 atom stereocenters. The summed E-state index contributed by atoms with van der Waals surface area (Å²) in [6.45, 7) is 10.7. The summed E-state index contributed by atoms with van der Waals surface area (Å²) in [7, 11) is 0. The van der Waals surface area contributed by atoms with E-state index in [9.17, 15) is 5.11 Å². The molecule has 3 nitrogen and oxygen atoms in total. The van der Waals surface area contributed by atoms with Crippen molar-refractivity contribution in [3.05, 3.63) is 0 Å². The van der Waals surface area contributed by atoms with Crippen molar-refractivity contribution in [3.8, 4) is 0 Å². The Labute approximate surface area is 118 Å². The zero-order valence-corrected chi connectivity index (χ0v) is 13.0. The third-order valence-electron chi connectivity index (χ3n) is 4.61. The van der Waals surface area contributed by atoms with Gasteiger partial charge in [-0.25, -0.2) is 0 Å². The normalized spacial score (nSPS) is 30.3. The lowest BCUT2D eigenvalue weighted by molar-refractivity contribution is 0.0489. The number of rotatable bonds is 5. The number of hydrogen-bond donors (Lipinski definition) is 2. The Balaban J connectivity index is 1.86. The third kappa shape index (κ3) is 4.73. The van der Waals surface area contributed by atoms with Gasteiger partial charge in [0, 0.05) is 38.3 Å². The quantitative estimate of drug-likeness (QED) is 0.803. The summed E-state index contributed by atoms with van der Waals surface area (Å²) in [5, 5.41) is 13.0. The molecule has 0 amide bonds. The fourth-order valence-electron chi connectivity index (χ4n) is 3.28. The highest BCUT2D eigenvalue weighted by Gasteiger charge is 2.33. The molecule has 3 heteroatoms. The summed E-state index contributed by atoms with van der Waals surface area (Å²) < 4.78 is 0. The number of aliphatic hydroxyl groups excluding tert-OH is 1. The monoisotopic (exact) mass is 268 g/mol. The molecule has 2 fully saturated rings. The fourth-order valence-corrected chi connectivity index (χ4v) is 3.28. The fraction of sp³-hybridized carbons (Fsp3) is 1.00. The van der Waals surface area contributed by atoms with Crippen LogP contribution >= 0.6 is 0 Å². The van der Waals surface area contributed by atoms with Gasteiger partial charge in [-0.05, 0) is 37.0 Å². The first-order chi connectivity index (χ1) is 8.98. The Morgan fingerprint density at radius 2 is 1.95 bits per heavy atom. The summed E-state index contributed by atoms with van der Waals surface area (Å²) in [5.74, 6) is 0.678. The number of nitrogens with one attached hydrogen (secondary N) is 1. The van der Waals surface area contributed by atoms with Gasteiger partial charge in [0.25, 0.3) is 0 Å². The highest BCUT2D eigenvalue weighted by Crippen LogP contribution is 2.30. The molecule has 112 valence electrons. The van der Waals surface area contributed by atoms with Crippen molar-refractivity contribution in [2.45, 2.75) is 65.0 Å². The highest BCUT2D eigenvalue weighted by atomic mass is 16.3. The van der Waals surface area contributed by atoms with Crippen LogP contribution in [0, 0.1) is 11.3 Å². The van der Waals surface area contributed by atoms with Gasteiger partial charge in [-0.2, -0.15) is 0 Å². The largest absolute Gasteiger partial charge is 0.396 e. The molecule has 0 aromatic carbocycles. The van der Waals surface area contributed by atoms with E-state index in [-0.39, 0.29) is 0 Å². The molecule has 2 aliphatic rings. The van der Waals surface area contributed by atoms with Gasteiger partial charge in [0.15, 0.2) is 0 Å². The number of likely N-dealkylation sites (tertiary alicyclic amines) is 1. The smallest absolute Gasteiger partial charge is 0.0434 e. The summed E-state index contributed by atoms with van der Waals surface area (Å²) in [4.78, 5) is 2.69. The Hall–Kier alpha value is -0.120. The molecule has 0 aromatic rings. The molecule has 1 saturated heterocycles. The van der Waals surface area contributed by atoms with Crippen molar-refractivity contribution >= 4 is 0 Å². The van der Waals surface area contributed by atoms with E-state index in [1.165, 1.54) is 38.8 Å². The first-order valence-corrected chi connectivity index (χ1v) is 8.06. The second kappa shape index (κ2) is 6.55. The Bertz CT molecular complexity index is 270. The van der Waals surface area contributed by atoms with Crippen LogP contribution in [0.25, 0.3) is 0 Å². The molecule has 0 spiro atoms. The van der Waals surface area contributed by atoms with Crippen LogP contribution in [0.1, 0.15) is 52.9 Å². The minimum absolute atomic E-state index is 0.342. The van der Waals surface area contributed by atoms with Gasteiger partial charge < -0.3 is 10.4 Å². The van der Waals surface area contributed by atoms with E-state index in [0.29, 0.717) is 24.0 Å². The zero-order valence-electron chi connectivity index (χ0n) is 13.0. The summed E-state index contributed by atoms with van der Waals surface area (Å²) in [6.07, 6.45) is 6.39. The first-order valence-electron chi connectivity index (χ1n) is 8.06. The molecular formula is C16H32N2O. The van der Waals surface area contributed by atoms with Gasteiger partial charge in [0.1, 0.15) is 0 Å². The van der Waals surface area contributed by atoms with Gasteiger partial charge in [-0.15, -0.1) is 0 Å². The van der Waals surface area contributed by atoms with Crippen LogP contribution in [0.3, 0.4) is 0 Å². The summed E-state index contributed by atoms with van der Waals surface area (Å²) in [6, 6.07) is 1.45. The molecule has 2 unspecified atom stereocenters. The van der Waals surface area contributed by atoms with Gasteiger partial charge in [-0.1, -0.05) is 27.2 Å². The van der Waals surface area contributed by atoms with Crippen LogP contribution in [0.2, 0.25) is 0 Å². The van der Waals surface area contributed by atoms with Crippen LogP contribution in [-0.4, -0.2) is 48.3 Å². The number of aliphatic hydroxyl groups is 1. The molecule has 2 N–H and O–H groups in total. The second-order valence-electron chi connectivity index (χ2n) is 7.79. The van der Waals surface area contributed by atoms with E-state index in [1.807, 2.05) is 0 Å². The first kappa shape index (κ1) is 15.3. The van der Waals surface area contributed by atoms with E-state index in [4.69, 9.17) is 0 Å². The van der Waals surface area contributed by atoms with E-state index >= 15 is 0 Å². The SMILES string of the molecule is CC(C)(C)CNC1CC(CCO)CN(C2CCC2)C1. The van der Waals surface area contributed by atoms with Crippen LogP contribution < -0.4 is 5.32 Å². The Morgan fingerprint density at radius 3 is 2.47 bits per heavy atom. The standard InChI is InChI=1S/C16H32N2O/c1-16(2,3)12-17-14-9-13(7-8-19)10-18(11-14)15-5-4-6-15/h13-15,17,19H,4-12H2,1-3H3. The van der Waals surface area contributed by atoms with Gasteiger partial charge >= 0.3 is 0 Å². The van der Waals surface area contributed by atoms with Crippen LogP contribution in [0.4, 0.5) is 0 Å². The van der Waals surface area contributed by atoms with Crippen LogP contribution in [0.5, 0.6) is 0 Å². The summed E-state index contributed by atoms with van der Waals surface area (Å²) in [5.41, 5.74) is 0.352. The molecule has 0 radical (unpaired) electrons. The molecule has 1 saturated carbocycles. The minimum atomic E-state index is 0.342. The predicted molar refractivity (Wildman–Crippen MR) is 80.3 cm³/mol. The predicted octanol–water partition coefficient (Wildman–Crippen LogP) is 2.25. The molecular weight excluding hydrogens is 236 g/mol. The lowest BCUT2D eigenvalue weighted by Gasteiger charge is -2.46. The second-order valence-corrected chi connectivity index (χ2v) is 7.79. The molecule has 1 aliphatic heterocycles. The average Bonchev–Trinajstić information content (AvgIpc) is 2.23. The molecule has 1 heterocycles. The van der Waals surface area contributed by atoms with Crippen molar-refractivity contribution in [2.24, 2.45) is 11.3 Å². The number of piperidine rings is 1. The van der Waals surface area contributed by atoms with Crippen molar-refractivity contribution < 1.29 is 5.11 Å². The van der Waals surface area contributed by atoms with Crippen LogP contribution in [-0.2, 0) is 0 Å². The van der Waals surface area contributed by atoms with E-state index in [1.54, 1.807) is 0 Å². The van der Waals surface area contributed by atoms with E-state index in [2.05, 4.69) is 31.0 Å². The maximum absolute atomic E-state index is 9.22. The van der Waals surface area contributed by atoms with Gasteiger partial charge in [0.2, 0.25) is 0 Å². The Kier molecular flexibility index (Phi) is 5.27. The zero-order chi connectivity index (χ0) is 13.9. The molecule has 0 aromatic heterocycles. The van der Waals surface area contributed by atoms with Crippen molar-refractivity contribution in [1.82, 2.24) is 10.2 Å². The lowest BCUT2D eigenvalue weighted by atomic mass is 9.85. The van der Waals surface area contributed by atoms with Gasteiger partial charge in [0.05, 0.1) is 0 Å². The number of nitrogens with zero attached hydrogens (tertiary/aromatic N) is 1. The van der Waals surface area contributed by atoms with E-state index < -0.39 is 0 Å². The molecule has 1 aliphatic carbocycles. The highest BCUT2D eigenvalue weighted by molar-refractivity contribution is 4.90. The lowest BCUT2D eigenvalue weighted by Crippen LogP contribution is -2.55.